The van der Waals surface area contributed by atoms with E-state index in [4.69, 9.17) is 5.73 Å². The number of nitrogens with zero attached hydrogens (tertiary/aromatic N) is 1. The number of hydrogen-bond acceptors (Lipinski definition) is 3. The van der Waals surface area contributed by atoms with Crippen LogP contribution in [0.4, 0.5) is 0 Å². The van der Waals surface area contributed by atoms with Gasteiger partial charge in [0.05, 0.1) is 6.54 Å². The van der Waals surface area contributed by atoms with Crippen LogP contribution in [-0.2, 0) is 4.79 Å². The molecule has 1 heterocycles. The van der Waals surface area contributed by atoms with Gasteiger partial charge in [-0.15, -0.1) is 0 Å². The van der Waals surface area contributed by atoms with Crippen molar-refractivity contribution >= 4 is 5.91 Å². The van der Waals surface area contributed by atoms with Crippen molar-refractivity contribution in [1.29, 1.82) is 0 Å². The Labute approximate surface area is 98.6 Å². The Hall–Kier alpha value is -0.610. The van der Waals surface area contributed by atoms with Crippen LogP contribution in [0.15, 0.2) is 0 Å². The zero-order chi connectivity index (χ0) is 12.1. The highest BCUT2D eigenvalue weighted by Gasteiger charge is 2.22. The van der Waals surface area contributed by atoms with Gasteiger partial charge in [0.2, 0.25) is 5.91 Å². The van der Waals surface area contributed by atoms with Crippen molar-refractivity contribution in [2.75, 3.05) is 19.6 Å². The predicted molar refractivity (Wildman–Crippen MR) is 66.1 cm³/mol. The van der Waals surface area contributed by atoms with Gasteiger partial charge < -0.3 is 11.1 Å². The summed E-state index contributed by atoms with van der Waals surface area (Å²) in [6.07, 6.45) is 2.24. The average molecular weight is 227 g/mol. The van der Waals surface area contributed by atoms with E-state index < -0.39 is 0 Å². The van der Waals surface area contributed by atoms with Gasteiger partial charge in [-0.1, -0.05) is 0 Å². The lowest BCUT2D eigenvalue weighted by atomic mass is 9.91. The number of likely N-dealkylation sites (tertiary alicyclic amines) is 1. The molecule has 1 amide bonds. The first-order valence-corrected chi connectivity index (χ1v) is 6.26. The van der Waals surface area contributed by atoms with E-state index in [-0.39, 0.29) is 18.0 Å². The molecule has 0 bridgehead atoms. The molecule has 0 aromatic rings. The van der Waals surface area contributed by atoms with E-state index in [0.29, 0.717) is 12.5 Å². The second kappa shape index (κ2) is 6.21. The summed E-state index contributed by atoms with van der Waals surface area (Å²) in [6, 6.07) is 0.515. The monoisotopic (exact) mass is 227 g/mol. The number of rotatable bonds is 4. The van der Waals surface area contributed by atoms with Crippen LogP contribution < -0.4 is 11.1 Å². The van der Waals surface area contributed by atoms with Crippen LogP contribution in [0.2, 0.25) is 0 Å². The second-order valence-corrected chi connectivity index (χ2v) is 5.19. The summed E-state index contributed by atoms with van der Waals surface area (Å²) in [5, 5.41) is 2.92. The quantitative estimate of drug-likeness (QED) is 0.738. The fourth-order valence-corrected chi connectivity index (χ4v) is 2.21. The molecule has 1 unspecified atom stereocenters. The molecule has 1 fully saturated rings. The molecule has 94 valence electrons. The molecule has 0 aromatic heterocycles. The largest absolute Gasteiger partial charge is 0.353 e. The van der Waals surface area contributed by atoms with Gasteiger partial charge in [-0.2, -0.15) is 0 Å². The second-order valence-electron chi connectivity index (χ2n) is 5.19. The lowest BCUT2D eigenvalue weighted by Gasteiger charge is -2.33. The zero-order valence-corrected chi connectivity index (χ0v) is 10.7. The van der Waals surface area contributed by atoms with Crippen LogP contribution in [0, 0.1) is 5.92 Å². The van der Waals surface area contributed by atoms with Crippen molar-refractivity contribution in [1.82, 2.24) is 10.2 Å². The molecule has 4 nitrogen and oxygen atoms in total. The van der Waals surface area contributed by atoms with Crippen LogP contribution in [0.25, 0.3) is 0 Å². The fourth-order valence-electron chi connectivity index (χ4n) is 2.21. The van der Waals surface area contributed by atoms with Crippen LogP contribution in [0.1, 0.15) is 33.6 Å². The van der Waals surface area contributed by atoms with Crippen molar-refractivity contribution in [3.63, 3.8) is 0 Å². The van der Waals surface area contributed by atoms with Crippen molar-refractivity contribution in [3.05, 3.63) is 0 Å². The summed E-state index contributed by atoms with van der Waals surface area (Å²) in [6.45, 7) is 8.57. The minimum Gasteiger partial charge on any atom is -0.353 e. The third kappa shape index (κ3) is 4.49. The summed E-state index contributed by atoms with van der Waals surface area (Å²) in [5.41, 5.74) is 5.88. The maximum atomic E-state index is 11.6. The smallest absolute Gasteiger partial charge is 0.234 e. The van der Waals surface area contributed by atoms with Crippen LogP contribution in [0.5, 0.6) is 0 Å². The molecule has 0 aliphatic carbocycles. The molecule has 1 aliphatic heterocycles. The fraction of sp³-hybridized carbons (Fsp3) is 0.917. The first-order valence-electron chi connectivity index (χ1n) is 6.26. The number of carbonyl (C=O) groups is 1. The van der Waals surface area contributed by atoms with E-state index in [1.807, 2.05) is 13.8 Å². The van der Waals surface area contributed by atoms with Gasteiger partial charge in [-0.25, -0.2) is 0 Å². The molecule has 1 rings (SSSR count). The van der Waals surface area contributed by atoms with Gasteiger partial charge >= 0.3 is 0 Å². The number of amides is 1. The van der Waals surface area contributed by atoms with E-state index in [0.717, 1.165) is 25.9 Å². The summed E-state index contributed by atoms with van der Waals surface area (Å²) in [5.74, 6) is 0.763. The Kier molecular flexibility index (Phi) is 5.22. The molecular weight excluding hydrogens is 202 g/mol. The highest BCUT2D eigenvalue weighted by Crippen LogP contribution is 2.18. The molecule has 3 N–H and O–H groups in total. The third-order valence-corrected chi connectivity index (χ3v) is 3.19. The van der Waals surface area contributed by atoms with E-state index in [1.165, 1.54) is 0 Å². The lowest BCUT2D eigenvalue weighted by molar-refractivity contribution is -0.123. The molecule has 4 heteroatoms. The molecule has 0 spiro atoms. The van der Waals surface area contributed by atoms with E-state index in [2.05, 4.69) is 17.1 Å². The summed E-state index contributed by atoms with van der Waals surface area (Å²) in [7, 11) is 0. The highest BCUT2D eigenvalue weighted by molar-refractivity contribution is 5.78. The maximum absolute atomic E-state index is 11.6. The summed E-state index contributed by atoms with van der Waals surface area (Å²) in [4.78, 5) is 13.8. The van der Waals surface area contributed by atoms with E-state index >= 15 is 0 Å². The topological polar surface area (TPSA) is 58.4 Å². The molecule has 1 atom stereocenters. The Balaban J connectivity index is 2.24. The molecule has 0 saturated carbocycles. The first-order chi connectivity index (χ1) is 7.49. The summed E-state index contributed by atoms with van der Waals surface area (Å²) < 4.78 is 0. The van der Waals surface area contributed by atoms with Gasteiger partial charge in [0.15, 0.2) is 0 Å². The molecule has 0 aromatic carbocycles. The average Bonchev–Trinajstić information content (AvgIpc) is 2.16. The number of piperidine rings is 1. The molecule has 16 heavy (non-hydrogen) atoms. The van der Waals surface area contributed by atoms with Crippen LogP contribution in [0.3, 0.4) is 0 Å². The van der Waals surface area contributed by atoms with E-state index in [9.17, 15) is 4.79 Å². The van der Waals surface area contributed by atoms with Crippen molar-refractivity contribution in [2.24, 2.45) is 11.7 Å². The van der Waals surface area contributed by atoms with Gasteiger partial charge in [-0.3, -0.25) is 9.69 Å². The standard InChI is InChI=1S/C12H25N3O/c1-9(2)14-12(16)8-15-6-4-11(5-7-15)10(3)13/h9-11H,4-8,13H2,1-3H3,(H,14,16). The van der Waals surface area contributed by atoms with Crippen LogP contribution >= 0.6 is 0 Å². The van der Waals surface area contributed by atoms with Gasteiger partial charge in [-0.05, 0) is 52.6 Å². The van der Waals surface area contributed by atoms with Gasteiger partial charge in [0.1, 0.15) is 0 Å². The number of hydrogen-bond donors (Lipinski definition) is 2. The lowest BCUT2D eigenvalue weighted by Crippen LogP contribution is -2.45. The summed E-state index contributed by atoms with van der Waals surface area (Å²) >= 11 is 0. The molecule has 0 radical (unpaired) electrons. The maximum Gasteiger partial charge on any atom is 0.234 e. The van der Waals surface area contributed by atoms with Crippen molar-refractivity contribution < 1.29 is 4.79 Å². The molecular formula is C12H25N3O. The Morgan fingerprint density at radius 2 is 1.94 bits per heavy atom. The number of nitrogens with two attached hydrogens (primary N) is 1. The Morgan fingerprint density at radius 1 is 1.38 bits per heavy atom. The Bertz CT molecular complexity index is 220. The van der Waals surface area contributed by atoms with E-state index in [1.54, 1.807) is 0 Å². The number of nitrogens with one attached hydrogen (secondary N) is 1. The minimum atomic E-state index is 0.134. The van der Waals surface area contributed by atoms with Crippen molar-refractivity contribution in [2.45, 2.75) is 45.7 Å². The highest BCUT2D eigenvalue weighted by atomic mass is 16.2. The normalized spacial score (nSPS) is 21.1. The predicted octanol–water partition coefficient (Wildman–Crippen LogP) is 0.570. The Morgan fingerprint density at radius 3 is 2.38 bits per heavy atom. The van der Waals surface area contributed by atoms with Crippen LogP contribution in [-0.4, -0.2) is 42.5 Å². The SMILES string of the molecule is CC(C)NC(=O)CN1CCC(C(C)N)CC1. The molecule has 1 saturated heterocycles. The number of carbonyl (C=O) groups excluding carboxylic acids is 1. The minimum absolute atomic E-state index is 0.134. The first kappa shape index (κ1) is 13.5. The van der Waals surface area contributed by atoms with Crippen molar-refractivity contribution in [3.8, 4) is 0 Å². The van der Waals surface area contributed by atoms with Gasteiger partial charge in [0.25, 0.3) is 0 Å². The molecule has 1 aliphatic rings. The zero-order valence-electron chi connectivity index (χ0n) is 10.7. The third-order valence-electron chi connectivity index (χ3n) is 3.19. The van der Waals surface area contributed by atoms with Gasteiger partial charge in [0, 0.05) is 12.1 Å².